The van der Waals surface area contributed by atoms with Gasteiger partial charge in [0.25, 0.3) is 0 Å². The number of phenols is 1. The standard InChI is InChI=1S/C8H7O3.BrH.Hg/c1-11-7-3-2-6(5-9)8(10)4-7;;/h2-3,5,10H,1H3;1H;/q;;+1/p-1. The van der Waals surface area contributed by atoms with Gasteiger partial charge in [-0.1, -0.05) is 0 Å². The second-order valence-corrected chi connectivity index (χ2v) is 11.1. The third-order valence-corrected chi connectivity index (χ3v) is 10.4. The minimum absolute atomic E-state index is 0.0768. The number of aromatic hydroxyl groups is 1. The van der Waals surface area contributed by atoms with Gasteiger partial charge in [-0.3, -0.25) is 0 Å². The van der Waals surface area contributed by atoms with E-state index in [1.165, 1.54) is 0 Å². The molecule has 1 rings (SSSR count). The summed E-state index contributed by atoms with van der Waals surface area (Å²) >= 11 is 1.99. The van der Waals surface area contributed by atoms with Crippen LogP contribution in [0.2, 0.25) is 0 Å². The van der Waals surface area contributed by atoms with E-state index in [2.05, 4.69) is 11.9 Å². The summed E-state index contributed by atoms with van der Waals surface area (Å²) in [5.41, 5.74) is 0.329. The summed E-state index contributed by atoms with van der Waals surface area (Å²) in [7, 11) is 1.55. The van der Waals surface area contributed by atoms with E-state index in [4.69, 9.17) is 4.74 Å². The fourth-order valence-electron chi connectivity index (χ4n) is 1.05. The van der Waals surface area contributed by atoms with Crippen molar-refractivity contribution in [3.63, 3.8) is 0 Å². The monoisotopic (exact) mass is 432 g/mol. The number of carbonyl (C=O) groups excluding carboxylic acids is 1. The molecule has 5 heteroatoms. The molecule has 0 aliphatic rings. The Morgan fingerprint density at radius 1 is 1.62 bits per heavy atom. The van der Waals surface area contributed by atoms with Crippen LogP contribution in [0.1, 0.15) is 10.4 Å². The van der Waals surface area contributed by atoms with E-state index in [0.717, 1.165) is 3.07 Å². The van der Waals surface area contributed by atoms with Crippen molar-refractivity contribution in [3.05, 3.63) is 17.7 Å². The molecule has 0 bridgehead atoms. The first-order valence-corrected chi connectivity index (χ1v) is 18.3. The molecule has 0 heterocycles. The molecule has 1 N–H and O–H groups in total. The summed E-state index contributed by atoms with van der Waals surface area (Å²) in [4.78, 5) is 10.5. The second kappa shape index (κ2) is 4.95. The van der Waals surface area contributed by atoms with Crippen molar-refractivity contribution < 1.29 is 36.8 Å². The molecule has 1 aromatic carbocycles. The Hall–Kier alpha value is -0.0949. The number of rotatable bonds is 3. The van der Waals surface area contributed by atoms with Gasteiger partial charge in [-0.15, -0.1) is 0 Å². The fraction of sp³-hybridized carbons (Fsp3) is 0.125. The number of halogens is 1. The SMILES string of the molecule is COc1ccc(C=O)c(O)[c]1[Hg][Br]. The summed E-state index contributed by atoms with van der Waals surface area (Å²) in [6, 6.07) is 3.27. The number of ether oxygens (including phenoxy) is 1. The van der Waals surface area contributed by atoms with Crippen molar-refractivity contribution in [2.45, 2.75) is 0 Å². The molecule has 0 aliphatic carbocycles. The van der Waals surface area contributed by atoms with Crippen molar-refractivity contribution in [3.8, 4) is 11.5 Å². The van der Waals surface area contributed by atoms with Gasteiger partial charge in [-0.25, -0.2) is 0 Å². The van der Waals surface area contributed by atoms with E-state index in [1.807, 2.05) is 0 Å². The quantitative estimate of drug-likeness (QED) is 0.579. The van der Waals surface area contributed by atoms with Gasteiger partial charge in [0.05, 0.1) is 0 Å². The first-order valence-electron chi connectivity index (χ1n) is 3.64. The van der Waals surface area contributed by atoms with Crippen LogP contribution >= 0.6 is 11.9 Å². The molecule has 0 unspecified atom stereocenters. The molecule has 1 aromatic rings. The molecular weight excluding hydrogens is 425 g/mol. The van der Waals surface area contributed by atoms with Crippen LogP contribution in [0.3, 0.4) is 0 Å². The van der Waals surface area contributed by atoms with E-state index in [-0.39, 0.29) is 5.75 Å². The molecule has 13 heavy (non-hydrogen) atoms. The number of benzene rings is 1. The number of carbonyl (C=O) groups is 1. The predicted octanol–water partition coefficient (Wildman–Crippen LogP) is 1.23. The van der Waals surface area contributed by atoms with Gasteiger partial charge in [0.1, 0.15) is 0 Å². The average molecular weight is 432 g/mol. The van der Waals surface area contributed by atoms with Crippen molar-refractivity contribution in [2.24, 2.45) is 0 Å². The Kier molecular flexibility index (Phi) is 4.19. The Morgan fingerprint density at radius 3 is 2.77 bits per heavy atom. The number of phenolic OH excluding ortho intramolecular Hbond substituents is 1. The number of hydrogen-bond acceptors (Lipinski definition) is 3. The number of methoxy groups -OCH3 is 1. The molecule has 0 radical (unpaired) electrons. The first-order chi connectivity index (χ1) is 6.24. The molecule has 66 valence electrons. The third-order valence-electron chi connectivity index (χ3n) is 1.75. The average Bonchev–Trinajstić information content (AvgIpc) is 2.17. The van der Waals surface area contributed by atoms with E-state index >= 15 is 0 Å². The molecule has 0 saturated heterocycles. The van der Waals surface area contributed by atoms with Crippen LogP contribution in [0.25, 0.3) is 0 Å². The first kappa shape index (κ1) is 11.0. The van der Waals surface area contributed by atoms with Crippen LogP contribution in [-0.2, 0) is 22.1 Å². The summed E-state index contributed by atoms with van der Waals surface area (Å²) in [6.45, 7) is 0. The van der Waals surface area contributed by atoms with E-state index < -0.39 is 22.1 Å². The molecule has 0 aromatic heterocycles. The van der Waals surface area contributed by atoms with Crippen molar-refractivity contribution in [1.82, 2.24) is 0 Å². The van der Waals surface area contributed by atoms with E-state index in [1.54, 1.807) is 19.2 Å². The summed E-state index contributed by atoms with van der Waals surface area (Å²) in [5.74, 6) is 0.745. The zero-order chi connectivity index (χ0) is 9.84. The normalized spacial score (nSPS) is 9.08. The zero-order valence-electron chi connectivity index (χ0n) is 7.08. The third kappa shape index (κ3) is 2.23. The van der Waals surface area contributed by atoms with Crippen LogP contribution in [0.15, 0.2) is 12.1 Å². The fourth-order valence-corrected chi connectivity index (χ4v) is 8.62. The topological polar surface area (TPSA) is 46.5 Å². The predicted molar refractivity (Wildman–Crippen MR) is 48.6 cm³/mol. The van der Waals surface area contributed by atoms with Gasteiger partial charge in [0, 0.05) is 0 Å². The second-order valence-electron chi connectivity index (χ2n) is 2.44. The van der Waals surface area contributed by atoms with Gasteiger partial charge < -0.3 is 0 Å². The van der Waals surface area contributed by atoms with Gasteiger partial charge in [0.15, 0.2) is 0 Å². The van der Waals surface area contributed by atoms with Crippen LogP contribution in [0, 0.1) is 0 Å². The Balaban J connectivity index is 3.31. The summed E-state index contributed by atoms with van der Waals surface area (Å²) in [6.07, 6.45) is 0.648. The molecule has 0 amide bonds. The number of aldehydes is 1. The Labute approximate surface area is 93.8 Å². The molecule has 0 atom stereocenters. The van der Waals surface area contributed by atoms with Crippen molar-refractivity contribution in [2.75, 3.05) is 7.11 Å². The van der Waals surface area contributed by atoms with Crippen molar-refractivity contribution in [1.29, 1.82) is 0 Å². The molecule has 0 spiro atoms. The minimum atomic E-state index is -1.44. The Bertz CT molecular complexity index is 327. The van der Waals surface area contributed by atoms with Crippen LogP contribution in [0.5, 0.6) is 11.5 Å². The molecule has 0 aliphatic heterocycles. The van der Waals surface area contributed by atoms with Crippen molar-refractivity contribution >= 4 is 21.3 Å². The summed E-state index contributed by atoms with van der Waals surface area (Å²) in [5, 5.41) is 9.62. The van der Waals surface area contributed by atoms with Gasteiger partial charge in [-0.05, 0) is 0 Å². The van der Waals surface area contributed by atoms with Gasteiger partial charge >= 0.3 is 94.4 Å². The van der Waals surface area contributed by atoms with E-state index in [9.17, 15) is 9.90 Å². The van der Waals surface area contributed by atoms with Crippen LogP contribution < -0.4 is 7.81 Å². The molecule has 0 saturated carbocycles. The van der Waals surface area contributed by atoms with Gasteiger partial charge in [0.2, 0.25) is 0 Å². The van der Waals surface area contributed by atoms with Crippen LogP contribution in [0.4, 0.5) is 0 Å². The Morgan fingerprint density at radius 2 is 2.31 bits per heavy atom. The zero-order valence-corrected chi connectivity index (χ0v) is 14.2. The number of hydrogen-bond donors (Lipinski definition) is 1. The molecule has 3 nitrogen and oxygen atoms in total. The van der Waals surface area contributed by atoms with Crippen LogP contribution in [-0.4, -0.2) is 18.5 Å². The van der Waals surface area contributed by atoms with E-state index in [0.29, 0.717) is 17.6 Å². The maximum absolute atomic E-state index is 10.5. The molecule has 0 fully saturated rings. The van der Waals surface area contributed by atoms with Gasteiger partial charge in [-0.2, -0.15) is 0 Å². The summed E-state index contributed by atoms with van der Waals surface area (Å²) < 4.78 is 5.88. The molecular formula is C8H7BrHgO3. The maximum atomic E-state index is 10.5.